The Balaban J connectivity index is 4.01. The highest BCUT2D eigenvalue weighted by atomic mass is 15.3. The Hall–Kier alpha value is -0.770. The van der Waals surface area contributed by atoms with E-state index in [0.29, 0.717) is 0 Å². The third kappa shape index (κ3) is 3.57. The highest BCUT2D eigenvalue weighted by molar-refractivity contribution is 5.83. The van der Waals surface area contributed by atoms with Crippen LogP contribution in [0, 0.1) is 0 Å². The van der Waals surface area contributed by atoms with Crippen LogP contribution in [0.2, 0.25) is 0 Å². The van der Waals surface area contributed by atoms with Crippen LogP contribution in [0.1, 0.15) is 13.8 Å². The summed E-state index contributed by atoms with van der Waals surface area (Å²) < 4.78 is 0. The van der Waals surface area contributed by atoms with Crippen molar-refractivity contribution in [2.75, 3.05) is 33.7 Å². The summed E-state index contributed by atoms with van der Waals surface area (Å²) in [5.74, 6) is 6.20. The van der Waals surface area contributed by atoms with Crippen molar-refractivity contribution in [2.45, 2.75) is 13.8 Å². The monoisotopic (exact) mass is 172 g/mol. The molecule has 0 amide bonds. The zero-order valence-electron chi connectivity index (χ0n) is 8.54. The Labute approximate surface area is 75.0 Å². The van der Waals surface area contributed by atoms with E-state index in [2.05, 4.69) is 30.9 Å². The lowest BCUT2D eigenvalue weighted by molar-refractivity contribution is 0.380. The summed E-state index contributed by atoms with van der Waals surface area (Å²) in [4.78, 5) is 4.21. The van der Waals surface area contributed by atoms with Gasteiger partial charge in [0.25, 0.3) is 0 Å². The second-order valence-corrected chi connectivity index (χ2v) is 2.89. The van der Waals surface area contributed by atoms with Crippen LogP contribution in [0.25, 0.3) is 0 Å². The number of nitrogens with two attached hydrogens (primary N) is 1. The molecule has 0 aromatic heterocycles. The second-order valence-electron chi connectivity index (χ2n) is 2.89. The summed E-state index contributed by atoms with van der Waals surface area (Å²) in [6.45, 7) is 6.96. The molecular weight excluding hydrogens is 152 g/mol. The molecule has 0 aliphatic rings. The van der Waals surface area contributed by atoms with Crippen LogP contribution in [0.5, 0.6) is 0 Å². The van der Waals surface area contributed by atoms with Crippen molar-refractivity contribution in [3.8, 4) is 0 Å². The third-order valence-electron chi connectivity index (χ3n) is 2.02. The van der Waals surface area contributed by atoms with Crippen LogP contribution in [0.4, 0.5) is 0 Å². The molecule has 0 radical (unpaired) electrons. The number of amidine groups is 1. The Morgan fingerprint density at radius 2 is 1.83 bits per heavy atom. The quantitative estimate of drug-likeness (QED) is 0.284. The summed E-state index contributed by atoms with van der Waals surface area (Å²) in [7, 11) is 4.05. The van der Waals surface area contributed by atoms with Gasteiger partial charge in [-0.15, -0.1) is 0 Å². The van der Waals surface area contributed by atoms with E-state index >= 15 is 0 Å². The number of rotatable bonds is 4. The molecule has 0 spiro atoms. The van der Waals surface area contributed by atoms with Crippen LogP contribution in [-0.2, 0) is 0 Å². The van der Waals surface area contributed by atoms with Crippen LogP contribution in [0.15, 0.2) is 5.10 Å². The molecule has 12 heavy (non-hydrogen) atoms. The van der Waals surface area contributed by atoms with Crippen molar-refractivity contribution >= 4 is 5.84 Å². The van der Waals surface area contributed by atoms with Crippen molar-refractivity contribution in [3.05, 3.63) is 0 Å². The highest BCUT2D eigenvalue weighted by Gasteiger charge is 2.06. The van der Waals surface area contributed by atoms with Crippen LogP contribution >= 0.6 is 0 Å². The number of hydrogen-bond donors (Lipinski definition) is 1. The fourth-order valence-electron chi connectivity index (χ4n) is 0.796. The van der Waals surface area contributed by atoms with Gasteiger partial charge < -0.3 is 10.7 Å². The van der Waals surface area contributed by atoms with Gasteiger partial charge in [0.2, 0.25) is 0 Å². The molecule has 4 heteroatoms. The fraction of sp³-hybridized carbons (Fsp3) is 0.875. The lowest BCUT2D eigenvalue weighted by Crippen LogP contribution is -2.37. The summed E-state index contributed by atoms with van der Waals surface area (Å²) >= 11 is 0. The Morgan fingerprint density at radius 1 is 1.25 bits per heavy atom. The van der Waals surface area contributed by atoms with Crippen LogP contribution < -0.4 is 5.84 Å². The minimum absolute atomic E-state index is 0.817. The molecule has 0 saturated heterocycles. The Kier molecular flexibility index (Phi) is 5.45. The molecule has 4 nitrogen and oxygen atoms in total. The first-order chi connectivity index (χ1) is 5.65. The molecule has 72 valence electrons. The number of nitrogens with zero attached hydrogens (tertiary/aromatic N) is 3. The largest absolute Gasteiger partial charge is 0.361 e. The minimum atomic E-state index is 0.817. The molecule has 0 aliphatic heterocycles. The zero-order chi connectivity index (χ0) is 9.56. The van der Waals surface area contributed by atoms with E-state index in [9.17, 15) is 0 Å². The Morgan fingerprint density at radius 3 is 2.17 bits per heavy atom. The third-order valence-corrected chi connectivity index (χ3v) is 2.02. The highest BCUT2D eigenvalue weighted by Crippen LogP contribution is 1.89. The van der Waals surface area contributed by atoms with Gasteiger partial charge in [0.1, 0.15) is 5.84 Å². The average Bonchev–Trinajstić information content (AvgIpc) is 2.12. The lowest BCUT2D eigenvalue weighted by Gasteiger charge is -2.22. The predicted molar refractivity (Wildman–Crippen MR) is 53.1 cm³/mol. The van der Waals surface area contributed by atoms with Gasteiger partial charge in [-0.25, -0.2) is 0 Å². The van der Waals surface area contributed by atoms with Gasteiger partial charge in [0.05, 0.1) is 6.54 Å². The van der Waals surface area contributed by atoms with Crippen molar-refractivity contribution in [1.29, 1.82) is 0 Å². The van der Waals surface area contributed by atoms with Crippen molar-refractivity contribution in [1.82, 2.24) is 9.80 Å². The first kappa shape index (κ1) is 11.2. The molecule has 0 fully saturated rings. The van der Waals surface area contributed by atoms with Crippen molar-refractivity contribution in [3.63, 3.8) is 0 Å². The van der Waals surface area contributed by atoms with Gasteiger partial charge in [0, 0.05) is 13.6 Å². The molecule has 0 aliphatic carbocycles. The summed E-state index contributed by atoms with van der Waals surface area (Å²) in [6.07, 6.45) is 0. The van der Waals surface area contributed by atoms with E-state index in [1.807, 2.05) is 11.9 Å². The molecule has 0 saturated carbocycles. The fourth-order valence-corrected chi connectivity index (χ4v) is 0.796. The van der Waals surface area contributed by atoms with Gasteiger partial charge in [-0.2, -0.15) is 5.10 Å². The topological polar surface area (TPSA) is 44.9 Å². The maximum absolute atomic E-state index is 5.27. The minimum Gasteiger partial charge on any atom is -0.361 e. The molecule has 0 rings (SSSR count). The van der Waals surface area contributed by atoms with E-state index < -0.39 is 0 Å². The maximum atomic E-state index is 5.27. The molecule has 0 unspecified atom stereocenters. The first-order valence-electron chi connectivity index (χ1n) is 4.32. The molecule has 0 bridgehead atoms. The van der Waals surface area contributed by atoms with Gasteiger partial charge >= 0.3 is 0 Å². The van der Waals surface area contributed by atoms with Gasteiger partial charge in [-0.05, 0) is 20.5 Å². The summed E-state index contributed by atoms with van der Waals surface area (Å²) in [6, 6.07) is 0. The van der Waals surface area contributed by atoms with Gasteiger partial charge in [-0.3, -0.25) is 4.90 Å². The van der Waals surface area contributed by atoms with Crippen molar-refractivity contribution < 1.29 is 0 Å². The standard InChI is InChI=1S/C8H20N4/c1-5-11(3)7-8(10-9)12(4)6-2/h5-7,9H2,1-4H3/b10-8-. The first-order valence-corrected chi connectivity index (χ1v) is 4.32. The second kappa shape index (κ2) is 5.83. The van der Waals surface area contributed by atoms with Crippen LogP contribution in [-0.4, -0.2) is 49.4 Å². The van der Waals surface area contributed by atoms with E-state index in [1.54, 1.807) is 0 Å². The SMILES string of the molecule is CCN(C)C/C(=N/N)N(C)CC. The van der Waals surface area contributed by atoms with E-state index in [-0.39, 0.29) is 0 Å². The lowest BCUT2D eigenvalue weighted by atomic mass is 10.4. The van der Waals surface area contributed by atoms with E-state index in [0.717, 1.165) is 25.5 Å². The molecule has 0 heterocycles. The van der Waals surface area contributed by atoms with E-state index in [1.165, 1.54) is 0 Å². The normalized spacial score (nSPS) is 12.2. The van der Waals surface area contributed by atoms with Gasteiger partial charge in [-0.1, -0.05) is 6.92 Å². The van der Waals surface area contributed by atoms with Crippen LogP contribution in [0.3, 0.4) is 0 Å². The maximum Gasteiger partial charge on any atom is 0.138 e. The molecule has 2 N–H and O–H groups in total. The summed E-state index contributed by atoms with van der Waals surface area (Å²) in [5.41, 5.74) is 0. The van der Waals surface area contributed by atoms with Crippen molar-refractivity contribution in [2.24, 2.45) is 10.9 Å². The number of hydrogen-bond acceptors (Lipinski definition) is 3. The predicted octanol–water partition coefficient (Wildman–Crippen LogP) is 0.162. The smallest absolute Gasteiger partial charge is 0.138 e. The van der Waals surface area contributed by atoms with E-state index in [4.69, 9.17) is 5.84 Å². The molecular formula is C8H20N4. The molecule has 0 aromatic carbocycles. The van der Waals surface area contributed by atoms with Gasteiger partial charge in [0.15, 0.2) is 0 Å². The molecule has 0 aromatic rings. The zero-order valence-corrected chi connectivity index (χ0v) is 8.54. The average molecular weight is 172 g/mol. The number of hydrazone groups is 1. The summed E-state index contributed by atoms with van der Waals surface area (Å²) in [5, 5.41) is 3.75. The Bertz CT molecular complexity index is 144. The number of likely N-dealkylation sites (N-methyl/N-ethyl adjacent to an activating group) is 2. The molecule has 0 atom stereocenters.